The van der Waals surface area contributed by atoms with Gasteiger partial charge in [0.05, 0.1) is 24.8 Å². The first-order valence-electron chi connectivity index (χ1n) is 11.1. The quantitative estimate of drug-likeness (QED) is 0.299. The Hall–Kier alpha value is -2.12. The number of aromatic hydroxyl groups is 1. The SMILES string of the molecule is Cn1nnc(-c2ccc(-c3ncc(N([C@H]4C[C@@H]5CCC[C@@H](C5)[C@H]4F)C(S)(S)S)nn3)c(O)c2)n1. The summed E-state index contributed by atoms with van der Waals surface area (Å²) in [5.74, 6) is 1.38. The van der Waals surface area contributed by atoms with E-state index in [1.165, 1.54) is 17.1 Å². The Morgan fingerprint density at radius 2 is 1.94 bits per heavy atom. The number of alkyl halides is 1. The van der Waals surface area contributed by atoms with Crippen LogP contribution >= 0.6 is 37.9 Å². The molecule has 0 aliphatic heterocycles. The molecule has 2 saturated carbocycles. The van der Waals surface area contributed by atoms with Crippen molar-refractivity contribution >= 4 is 43.7 Å². The number of halogens is 1. The average Bonchev–Trinajstić information content (AvgIpc) is 3.23. The first kappa shape index (κ1) is 23.6. The fourth-order valence-electron chi connectivity index (χ4n) is 5.18. The summed E-state index contributed by atoms with van der Waals surface area (Å²) < 4.78 is 14.2. The number of anilines is 1. The number of aryl methyl sites for hydroxylation is 1. The van der Waals surface area contributed by atoms with Gasteiger partial charge in [0.2, 0.25) is 5.82 Å². The Morgan fingerprint density at radius 1 is 1.12 bits per heavy atom. The van der Waals surface area contributed by atoms with Gasteiger partial charge in [0.1, 0.15) is 11.9 Å². The number of benzene rings is 1. The molecule has 0 saturated heterocycles. The molecule has 2 fully saturated rings. The second-order valence-corrected chi connectivity index (χ2v) is 12.0. The smallest absolute Gasteiger partial charge is 0.205 e. The van der Waals surface area contributed by atoms with E-state index in [4.69, 9.17) is 0 Å². The summed E-state index contributed by atoms with van der Waals surface area (Å²) in [6, 6.07) is 4.45. The zero-order valence-corrected chi connectivity index (χ0v) is 21.1. The number of phenolic OH excluding ortho intramolecular Hbond substituents is 1. The first-order valence-corrected chi connectivity index (χ1v) is 12.4. The Labute approximate surface area is 212 Å². The van der Waals surface area contributed by atoms with E-state index in [1.807, 2.05) is 0 Å². The summed E-state index contributed by atoms with van der Waals surface area (Å²) in [6.45, 7) is 0. The van der Waals surface area contributed by atoms with Gasteiger partial charge < -0.3 is 10.0 Å². The molecule has 0 radical (unpaired) electrons. The van der Waals surface area contributed by atoms with E-state index in [9.17, 15) is 5.11 Å². The van der Waals surface area contributed by atoms with Gasteiger partial charge in [0, 0.05) is 5.56 Å². The van der Waals surface area contributed by atoms with Gasteiger partial charge in [-0.2, -0.15) is 4.80 Å². The molecule has 180 valence electrons. The Kier molecular flexibility index (Phi) is 6.36. The molecule has 34 heavy (non-hydrogen) atoms. The third kappa shape index (κ3) is 4.57. The van der Waals surface area contributed by atoms with E-state index >= 15 is 4.39 Å². The fourth-order valence-corrected chi connectivity index (χ4v) is 5.93. The zero-order chi connectivity index (χ0) is 24.0. The van der Waals surface area contributed by atoms with Crippen molar-refractivity contribution in [2.45, 2.75) is 47.9 Å². The predicted molar refractivity (Wildman–Crippen MR) is 136 cm³/mol. The number of hydrogen-bond acceptors (Lipinski definition) is 11. The maximum Gasteiger partial charge on any atom is 0.205 e. The van der Waals surface area contributed by atoms with Crippen LogP contribution < -0.4 is 4.90 Å². The van der Waals surface area contributed by atoms with E-state index < -0.39 is 15.7 Å². The summed E-state index contributed by atoms with van der Waals surface area (Å²) >= 11 is 13.5. The van der Waals surface area contributed by atoms with Crippen LogP contribution in [-0.2, 0) is 7.05 Å². The van der Waals surface area contributed by atoms with Gasteiger partial charge >= 0.3 is 0 Å². The summed E-state index contributed by atoms with van der Waals surface area (Å²) in [5.41, 5.74) is 0.995. The largest absolute Gasteiger partial charge is 0.507 e. The number of hydrogen-bond donors (Lipinski definition) is 4. The van der Waals surface area contributed by atoms with Crippen molar-refractivity contribution in [1.29, 1.82) is 0 Å². The highest BCUT2D eigenvalue weighted by atomic mass is 32.2. The molecule has 3 aromatic rings. The minimum atomic E-state index is -1.26. The summed E-state index contributed by atoms with van der Waals surface area (Å²) in [6.07, 6.45) is 5.14. The van der Waals surface area contributed by atoms with Crippen molar-refractivity contribution in [3.63, 3.8) is 0 Å². The molecule has 5 rings (SSSR count). The van der Waals surface area contributed by atoms with Gasteiger partial charge in [0.15, 0.2) is 15.2 Å². The van der Waals surface area contributed by atoms with Crippen molar-refractivity contribution in [3.05, 3.63) is 24.4 Å². The van der Waals surface area contributed by atoms with Gasteiger partial charge in [-0.1, -0.05) is 18.9 Å². The third-order valence-corrected chi connectivity index (χ3v) is 7.32. The van der Waals surface area contributed by atoms with E-state index in [1.54, 1.807) is 24.1 Å². The van der Waals surface area contributed by atoms with Crippen molar-refractivity contribution < 1.29 is 9.50 Å². The number of aromatic nitrogens is 7. The topological polar surface area (TPSA) is 106 Å². The molecule has 0 spiro atoms. The maximum absolute atomic E-state index is 15.5. The van der Waals surface area contributed by atoms with Crippen LogP contribution in [0.1, 0.15) is 32.1 Å². The Morgan fingerprint density at radius 3 is 2.59 bits per heavy atom. The van der Waals surface area contributed by atoms with Gasteiger partial charge in [-0.15, -0.1) is 58.3 Å². The highest BCUT2D eigenvalue weighted by Gasteiger charge is 2.46. The van der Waals surface area contributed by atoms with Gasteiger partial charge in [-0.25, -0.2) is 9.37 Å². The van der Waals surface area contributed by atoms with E-state index in [2.05, 4.69) is 68.5 Å². The van der Waals surface area contributed by atoms with E-state index in [0.29, 0.717) is 35.1 Å². The van der Waals surface area contributed by atoms with Crippen LogP contribution in [0.15, 0.2) is 24.4 Å². The van der Waals surface area contributed by atoms with Gasteiger partial charge in [-0.05, 0) is 48.4 Å². The second-order valence-electron chi connectivity index (χ2n) is 8.98. The standard InChI is InChI=1S/C21H25FN8OS3/c1-29-27-19(26-28-29)13-5-6-14(16(31)9-13)20-23-10-17(24-25-20)30(21(32,33)34)15-8-11-3-2-4-12(7-11)18(15)22/h5-6,9-12,15,18,31-34H,2-4,7-8H2,1H3/t11-,12+,15+,18-/m1/s1. The van der Waals surface area contributed by atoms with Crippen LogP contribution in [0.4, 0.5) is 10.2 Å². The summed E-state index contributed by atoms with van der Waals surface area (Å²) in [4.78, 5) is 7.39. The molecule has 0 amide bonds. The lowest BCUT2D eigenvalue weighted by Gasteiger charge is -2.49. The molecule has 2 aromatic heterocycles. The number of tetrazole rings is 1. The van der Waals surface area contributed by atoms with Gasteiger partial charge in [0.25, 0.3) is 0 Å². The normalized spacial score (nSPS) is 24.7. The van der Waals surface area contributed by atoms with Gasteiger partial charge in [-0.3, -0.25) is 0 Å². The molecule has 2 bridgehead atoms. The second kappa shape index (κ2) is 9.15. The predicted octanol–water partition coefficient (Wildman–Crippen LogP) is 3.56. The lowest BCUT2D eigenvalue weighted by atomic mass is 9.69. The molecular formula is C21H25FN8OS3. The van der Waals surface area contributed by atoms with Crippen LogP contribution in [0.2, 0.25) is 0 Å². The number of fused-ring (bicyclic) bond motifs is 2. The van der Waals surface area contributed by atoms with Crippen molar-refractivity contribution in [2.24, 2.45) is 18.9 Å². The van der Waals surface area contributed by atoms with E-state index in [-0.39, 0.29) is 17.5 Å². The van der Waals surface area contributed by atoms with Crippen LogP contribution in [0.3, 0.4) is 0 Å². The molecule has 4 atom stereocenters. The molecule has 2 aliphatic rings. The highest BCUT2D eigenvalue weighted by molar-refractivity contribution is 8.17. The van der Waals surface area contributed by atoms with Crippen LogP contribution in [-0.4, -0.2) is 56.2 Å². The molecule has 9 nitrogen and oxygen atoms in total. The van der Waals surface area contributed by atoms with E-state index in [0.717, 1.165) is 25.7 Å². The molecule has 0 unspecified atom stereocenters. The molecule has 1 N–H and O–H groups in total. The summed E-state index contributed by atoms with van der Waals surface area (Å²) in [7, 11) is 1.66. The monoisotopic (exact) mass is 520 g/mol. The van der Waals surface area contributed by atoms with Crippen molar-refractivity contribution in [1.82, 2.24) is 35.4 Å². The lowest BCUT2D eigenvalue weighted by molar-refractivity contribution is 0.0640. The van der Waals surface area contributed by atoms with Crippen LogP contribution in [0.5, 0.6) is 5.75 Å². The molecule has 1 aromatic carbocycles. The minimum Gasteiger partial charge on any atom is -0.507 e. The Bertz CT molecular complexity index is 1170. The van der Waals surface area contributed by atoms with Crippen LogP contribution in [0.25, 0.3) is 22.8 Å². The zero-order valence-electron chi connectivity index (χ0n) is 18.4. The molecule has 2 aliphatic carbocycles. The third-order valence-electron chi connectivity index (χ3n) is 6.67. The first-order chi connectivity index (χ1) is 16.2. The number of phenols is 1. The average molecular weight is 521 g/mol. The van der Waals surface area contributed by atoms with Crippen molar-refractivity contribution in [3.8, 4) is 28.5 Å². The number of rotatable bonds is 5. The lowest BCUT2D eigenvalue weighted by Crippen LogP contribution is -2.55. The fraction of sp³-hybridized carbons (Fsp3) is 0.524. The minimum absolute atomic E-state index is 0.0248. The number of nitrogens with zero attached hydrogens (tertiary/aromatic N) is 8. The summed E-state index contributed by atoms with van der Waals surface area (Å²) in [5, 5.41) is 30.9. The maximum atomic E-state index is 15.5. The number of thiol groups is 3. The van der Waals surface area contributed by atoms with Crippen molar-refractivity contribution in [2.75, 3.05) is 4.90 Å². The van der Waals surface area contributed by atoms with Crippen LogP contribution in [0, 0.1) is 11.8 Å². The molecule has 13 heteroatoms. The highest BCUT2D eigenvalue weighted by Crippen LogP contribution is 2.47. The molecule has 2 heterocycles. The Balaban J connectivity index is 1.43. The molecular weight excluding hydrogens is 495 g/mol.